The molecule has 1 fully saturated rings. The lowest BCUT2D eigenvalue weighted by atomic mass is 9.93. The summed E-state index contributed by atoms with van der Waals surface area (Å²) >= 11 is 0. The lowest BCUT2D eigenvalue weighted by Gasteiger charge is -2.32. The van der Waals surface area contributed by atoms with Gasteiger partial charge in [-0.1, -0.05) is 6.92 Å². The maximum absolute atomic E-state index is 11.4. The number of nitrogens with zero attached hydrogens (tertiary/aromatic N) is 1. The van der Waals surface area contributed by atoms with E-state index >= 15 is 0 Å². The number of hydrogen-bond donors (Lipinski definition) is 1. The third-order valence-corrected chi connectivity index (χ3v) is 5.53. The van der Waals surface area contributed by atoms with E-state index in [2.05, 4.69) is 4.90 Å². The van der Waals surface area contributed by atoms with Gasteiger partial charge in [-0.25, -0.2) is 8.42 Å². The summed E-state index contributed by atoms with van der Waals surface area (Å²) in [5.41, 5.74) is 0. The van der Waals surface area contributed by atoms with Crippen LogP contribution in [0, 0.1) is 5.92 Å². The molecule has 0 aromatic carbocycles. The van der Waals surface area contributed by atoms with Crippen molar-refractivity contribution < 1.29 is 18.3 Å². The van der Waals surface area contributed by atoms with E-state index in [4.69, 9.17) is 5.11 Å². The first-order chi connectivity index (χ1) is 8.93. The van der Waals surface area contributed by atoms with Crippen molar-refractivity contribution in [3.8, 4) is 0 Å². The number of hydrogen-bond acceptors (Lipinski definition) is 4. The van der Waals surface area contributed by atoms with Gasteiger partial charge in [0.25, 0.3) is 0 Å². The van der Waals surface area contributed by atoms with Crippen LogP contribution in [0.5, 0.6) is 0 Å². The number of carbonyl (C=O) groups is 1. The highest BCUT2D eigenvalue weighted by molar-refractivity contribution is 7.91. The Kier molecular flexibility index (Phi) is 6.79. The SMILES string of the molecule is CCS(=O)(=O)CCCN1CCCC(CCC(=O)O)C1. The van der Waals surface area contributed by atoms with Crippen LogP contribution in [-0.4, -0.2) is 55.5 Å². The molecule has 1 atom stereocenters. The van der Waals surface area contributed by atoms with Gasteiger partial charge in [0.05, 0.1) is 5.75 Å². The van der Waals surface area contributed by atoms with E-state index in [0.717, 1.165) is 38.9 Å². The van der Waals surface area contributed by atoms with Crippen LogP contribution in [0.4, 0.5) is 0 Å². The number of carboxylic acid groups (broad SMARTS) is 1. The van der Waals surface area contributed by atoms with Crippen LogP contribution in [0.15, 0.2) is 0 Å². The molecule has 0 aromatic heterocycles. The smallest absolute Gasteiger partial charge is 0.303 e. The molecule has 1 aliphatic rings. The lowest BCUT2D eigenvalue weighted by Crippen LogP contribution is -2.36. The average Bonchev–Trinajstić information content (AvgIpc) is 2.37. The summed E-state index contributed by atoms with van der Waals surface area (Å²) in [6.45, 7) is 4.41. The van der Waals surface area contributed by atoms with Crippen molar-refractivity contribution in [2.75, 3.05) is 31.1 Å². The largest absolute Gasteiger partial charge is 0.481 e. The molecule has 1 aliphatic heterocycles. The van der Waals surface area contributed by atoms with Gasteiger partial charge in [0.15, 0.2) is 0 Å². The Hall–Kier alpha value is -0.620. The zero-order valence-corrected chi connectivity index (χ0v) is 12.5. The molecule has 0 aromatic rings. The van der Waals surface area contributed by atoms with Gasteiger partial charge in [0.1, 0.15) is 9.84 Å². The number of piperidine rings is 1. The molecule has 1 unspecified atom stereocenters. The number of aliphatic carboxylic acids is 1. The minimum Gasteiger partial charge on any atom is -0.481 e. The Balaban J connectivity index is 2.25. The molecule has 112 valence electrons. The summed E-state index contributed by atoms with van der Waals surface area (Å²) in [6.07, 6.45) is 3.84. The molecule has 1 saturated heterocycles. The van der Waals surface area contributed by atoms with E-state index in [9.17, 15) is 13.2 Å². The highest BCUT2D eigenvalue weighted by Gasteiger charge is 2.20. The normalized spacial score (nSPS) is 21.4. The molecule has 6 heteroatoms. The van der Waals surface area contributed by atoms with E-state index in [0.29, 0.717) is 12.3 Å². The first-order valence-corrected chi connectivity index (χ1v) is 8.89. The molecule has 0 radical (unpaired) electrons. The molecule has 1 N–H and O–H groups in total. The maximum atomic E-state index is 11.4. The average molecular weight is 291 g/mol. The topological polar surface area (TPSA) is 74.7 Å². The van der Waals surface area contributed by atoms with Crippen molar-refractivity contribution in [3.05, 3.63) is 0 Å². The molecule has 1 rings (SSSR count). The van der Waals surface area contributed by atoms with Crippen molar-refractivity contribution in [2.24, 2.45) is 5.92 Å². The van der Waals surface area contributed by atoms with E-state index in [1.165, 1.54) is 0 Å². The highest BCUT2D eigenvalue weighted by atomic mass is 32.2. The summed E-state index contributed by atoms with van der Waals surface area (Å²) in [6, 6.07) is 0. The monoisotopic (exact) mass is 291 g/mol. The van der Waals surface area contributed by atoms with E-state index in [1.807, 2.05) is 0 Å². The van der Waals surface area contributed by atoms with Crippen LogP contribution in [0.2, 0.25) is 0 Å². The number of rotatable bonds is 8. The van der Waals surface area contributed by atoms with Crippen LogP contribution < -0.4 is 0 Å². The fourth-order valence-electron chi connectivity index (χ4n) is 2.57. The van der Waals surface area contributed by atoms with Crippen LogP contribution in [0.25, 0.3) is 0 Å². The van der Waals surface area contributed by atoms with Gasteiger partial charge >= 0.3 is 5.97 Å². The van der Waals surface area contributed by atoms with Crippen LogP contribution in [0.1, 0.15) is 39.0 Å². The van der Waals surface area contributed by atoms with E-state index in [1.54, 1.807) is 6.92 Å². The molecule has 5 nitrogen and oxygen atoms in total. The Labute approximate surface area is 115 Å². The minimum atomic E-state index is -2.86. The van der Waals surface area contributed by atoms with Gasteiger partial charge in [-0.3, -0.25) is 4.79 Å². The summed E-state index contributed by atoms with van der Waals surface area (Å²) in [4.78, 5) is 12.8. The molecule has 0 amide bonds. The predicted molar refractivity (Wildman–Crippen MR) is 75.0 cm³/mol. The van der Waals surface area contributed by atoms with Crippen molar-refractivity contribution >= 4 is 15.8 Å². The second-order valence-corrected chi connectivity index (χ2v) is 7.80. The molecule has 0 aliphatic carbocycles. The van der Waals surface area contributed by atoms with Crippen LogP contribution >= 0.6 is 0 Å². The third kappa shape index (κ3) is 6.92. The summed E-state index contributed by atoms with van der Waals surface area (Å²) in [7, 11) is -2.86. The van der Waals surface area contributed by atoms with Crippen LogP contribution in [0.3, 0.4) is 0 Å². The molecular weight excluding hydrogens is 266 g/mol. The second kappa shape index (κ2) is 7.85. The molecule has 1 heterocycles. The number of carboxylic acids is 1. The molecular formula is C13H25NO4S. The number of sulfone groups is 1. The summed E-state index contributed by atoms with van der Waals surface area (Å²) < 4.78 is 22.8. The zero-order chi connectivity index (χ0) is 14.3. The summed E-state index contributed by atoms with van der Waals surface area (Å²) in [5, 5.41) is 8.69. The standard InChI is InChI=1S/C13H25NO4S/c1-2-19(17,18)10-4-9-14-8-3-5-12(11-14)6-7-13(15)16/h12H,2-11H2,1H3,(H,15,16). The maximum Gasteiger partial charge on any atom is 0.303 e. The predicted octanol–water partition coefficient (Wildman–Crippen LogP) is 1.39. The quantitative estimate of drug-likeness (QED) is 0.731. The number of likely N-dealkylation sites (tertiary alicyclic amines) is 1. The molecule has 0 bridgehead atoms. The van der Waals surface area contributed by atoms with E-state index < -0.39 is 15.8 Å². The van der Waals surface area contributed by atoms with Gasteiger partial charge in [0, 0.05) is 18.7 Å². The van der Waals surface area contributed by atoms with Gasteiger partial charge in [-0.05, 0) is 44.7 Å². The van der Waals surface area contributed by atoms with Gasteiger partial charge in [-0.2, -0.15) is 0 Å². The Morgan fingerprint density at radius 3 is 2.79 bits per heavy atom. The van der Waals surface area contributed by atoms with Gasteiger partial charge in [0.2, 0.25) is 0 Å². The Bertz CT molecular complexity index is 380. The minimum absolute atomic E-state index is 0.217. The molecule has 19 heavy (non-hydrogen) atoms. The Morgan fingerprint density at radius 2 is 2.16 bits per heavy atom. The van der Waals surface area contributed by atoms with Crippen molar-refractivity contribution in [1.29, 1.82) is 0 Å². The Morgan fingerprint density at radius 1 is 1.42 bits per heavy atom. The lowest BCUT2D eigenvalue weighted by molar-refractivity contribution is -0.137. The first kappa shape index (κ1) is 16.4. The zero-order valence-electron chi connectivity index (χ0n) is 11.7. The molecule has 0 saturated carbocycles. The first-order valence-electron chi connectivity index (χ1n) is 7.07. The fraction of sp³-hybridized carbons (Fsp3) is 0.923. The third-order valence-electron chi connectivity index (χ3n) is 3.74. The van der Waals surface area contributed by atoms with Crippen molar-refractivity contribution in [3.63, 3.8) is 0 Å². The van der Waals surface area contributed by atoms with Crippen molar-refractivity contribution in [1.82, 2.24) is 4.90 Å². The summed E-state index contributed by atoms with van der Waals surface area (Å²) in [5.74, 6) is 0.201. The molecule has 0 spiro atoms. The van der Waals surface area contributed by atoms with Gasteiger partial charge < -0.3 is 10.0 Å². The second-order valence-electron chi connectivity index (χ2n) is 5.33. The van der Waals surface area contributed by atoms with Gasteiger partial charge in [-0.15, -0.1) is 0 Å². The highest BCUT2D eigenvalue weighted by Crippen LogP contribution is 2.21. The van der Waals surface area contributed by atoms with Crippen molar-refractivity contribution in [2.45, 2.75) is 39.0 Å². The van der Waals surface area contributed by atoms with Crippen LogP contribution in [-0.2, 0) is 14.6 Å². The fourth-order valence-corrected chi connectivity index (χ4v) is 3.43. The van der Waals surface area contributed by atoms with E-state index in [-0.39, 0.29) is 17.9 Å².